The van der Waals surface area contributed by atoms with Gasteiger partial charge in [0.05, 0.1) is 0 Å². The van der Waals surface area contributed by atoms with Gasteiger partial charge < -0.3 is 137 Å². The molecule has 29 nitrogen and oxygen atoms in total. The van der Waals surface area contributed by atoms with Crippen LogP contribution in [-0.2, 0) is 86.4 Å². The van der Waals surface area contributed by atoms with Gasteiger partial charge in [0.15, 0.2) is 0 Å². The molecule has 1 saturated heterocycles. The summed E-state index contributed by atoms with van der Waals surface area (Å²) in [4.78, 5) is 128. The Balaban J connectivity index is -0.0000000260. The zero-order valence-corrected chi connectivity index (χ0v) is 79.3. The number of aliphatic hydroxyl groups excluding tert-OH is 1. The highest BCUT2D eigenvalue weighted by Gasteiger charge is 2.30. The third-order valence-electron chi connectivity index (χ3n) is 10.7. The number of likely N-dealkylation sites (tertiary alicyclic amines) is 1. The topological polar surface area (TPSA) is 591 Å². The van der Waals surface area contributed by atoms with Crippen LogP contribution in [0.4, 0.5) is 0 Å². The monoisotopic (exact) mass is 1640 g/mol. The van der Waals surface area contributed by atoms with Crippen molar-refractivity contribution in [1.29, 1.82) is 0 Å². The van der Waals surface area contributed by atoms with Crippen LogP contribution in [0.25, 0.3) is 0 Å². The summed E-state index contributed by atoms with van der Waals surface area (Å²) >= 11 is 0. The zero-order valence-electron chi connectivity index (χ0n) is 79.3. The average Bonchev–Trinajstić information content (AvgIpc) is 0.851. The van der Waals surface area contributed by atoms with Gasteiger partial charge in [0.1, 0.15) is 86.8 Å². The molecule has 3 amide bonds. The summed E-state index contributed by atoms with van der Waals surface area (Å²) in [7, 11) is 13.6. The Morgan fingerprint density at radius 3 is 0.681 bits per heavy atom. The molecule has 0 radical (unpaired) electrons. The molecule has 1 aliphatic rings. The zero-order chi connectivity index (χ0) is 95.5. The minimum Gasteiger partial charge on any atom is -0.394 e. The number of aliphatic hydroxyl groups is 1. The maximum absolute atomic E-state index is 12.8. The van der Waals surface area contributed by atoms with Crippen molar-refractivity contribution in [1.82, 2.24) is 33.6 Å². The van der Waals surface area contributed by atoms with E-state index in [1.807, 2.05) is 164 Å². The van der Waals surface area contributed by atoms with E-state index in [1.54, 1.807) is 27.8 Å². The van der Waals surface area contributed by atoms with Crippen LogP contribution < -0.4 is 69.6 Å². The van der Waals surface area contributed by atoms with E-state index in [4.69, 9.17) is 57.8 Å². The van der Waals surface area contributed by atoms with Gasteiger partial charge in [-0.3, -0.25) is 14.4 Å². The number of amides is 3. The molecule has 0 spiro atoms. The number of nitrogens with zero attached hydrogens (tertiary/aromatic N) is 2. The van der Waals surface area contributed by atoms with Crippen LogP contribution in [0.15, 0.2) is 91.0 Å². The summed E-state index contributed by atoms with van der Waals surface area (Å²) in [5.41, 5.74) is 39.8. The predicted molar refractivity (Wildman–Crippen MR) is 498 cm³/mol. The van der Waals surface area contributed by atoms with Crippen LogP contribution in [0.2, 0.25) is 0 Å². The van der Waals surface area contributed by atoms with E-state index >= 15 is 0 Å². The summed E-state index contributed by atoms with van der Waals surface area (Å²) in [6.45, 7) is 73.0. The lowest BCUT2D eigenvalue weighted by Crippen LogP contribution is -2.54. The van der Waals surface area contributed by atoms with Gasteiger partial charge in [0.25, 0.3) is 0 Å². The van der Waals surface area contributed by atoms with Gasteiger partial charge in [-0.15, -0.1) is 0 Å². The van der Waals surface area contributed by atoms with Crippen molar-refractivity contribution < 1.29 is 72.2 Å². The van der Waals surface area contributed by atoms with E-state index in [0.29, 0.717) is 6.42 Å². The van der Waals surface area contributed by atoms with Crippen LogP contribution in [0.3, 0.4) is 0 Å². The average molecular weight is 1640 g/mol. The molecule has 0 aromatic heterocycles. The number of likely N-dealkylation sites (N-methyl/N-ethyl adjacent to an activating group) is 1. The van der Waals surface area contributed by atoms with Crippen molar-refractivity contribution in [2.75, 3.05) is 76.5 Å². The van der Waals surface area contributed by atoms with E-state index < -0.39 is 12.1 Å². The van der Waals surface area contributed by atoms with Gasteiger partial charge in [-0.1, -0.05) is 255 Å². The molecule has 0 saturated carbocycles. The molecule has 4 rings (SSSR count). The second-order valence-electron chi connectivity index (χ2n) is 18.9. The second-order valence-corrected chi connectivity index (χ2v) is 18.9. The van der Waals surface area contributed by atoms with Crippen LogP contribution in [0.1, 0.15) is 228 Å². The Kier molecular flexibility index (Phi) is 454. The standard InChI is InChI=1S/C20H29N3O3.2C8H10.4C5H12.C3H8O.3C2H6.8CH5N.11CH2O.3H3N/c1-15(20(26)23-12-8-5-9-13-23)21-19(25)18(22(3)16(2)24)14-17-10-6-4-7-11-17;2*1-2-8-6-4-3-5-7-8;4*1-4-5(2)3;1-3(2)4;22*1-2;;;/h4,6-7,10-11,15,18H,5,8-9,12-14H2,1-3H3,(H,21,25);2*3-7H,2H2,1H3;4*5H,4H2,1-3H3;3-4H,1-2H3;3*1-2H3;8*2H2,1H3;11*1H2;3*1H3/t15-,18-;;;;;;;;;;;;;;;;;;;;;;;;;;;;;;;;/m0................................/s1. The first-order chi connectivity index (χ1) is 53.1. The first kappa shape index (κ1) is 197. The largest absolute Gasteiger partial charge is 0.394 e. The van der Waals surface area contributed by atoms with Crippen LogP contribution in [0.5, 0.6) is 0 Å². The minimum absolute atomic E-state index is 0. The third-order valence-corrected chi connectivity index (χ3v) is 10.7. The number of piperidine rings is 1. The summed E-state index contributed by atoms with van der Waals surface area (Å²) in [5.74, 6) is 3.00. The van der Waals surface area contributed by atoms with Crippen molar-refractivity contribution in [3.05, 3.63) is 108 Å². The number of hydrogen-bond donors (Lipinski definition) is 13. The minimum atomic E-state index is -0.647. The lowest BCUT2D eigenvalue weighted by Gasteiger charge is -2.31. The van der Waals surface area contributed by atoms with Crippen LogP contribution in [-0.4, -0.2) is 202 Å². The molecule has 1 fully saturated rings. The maximum atomic E-state index is 12.8. The molecular formula is C84H194N14O15. The van der Waals surface area contributed by atoms with Gasteiger partial charge in [-0.2, -0.15) is 0 Å². The Labute approximate surface area is 697 Å². The molecule has 3 aromatic rings. The van der Waals surface area contributed by atoms with Gasteiger partial charge in [-0.05, 0) is 150 Å². The number of benzene rings is 3. The molecule has 3 aromatic carbocycles. The molecule has 29 heteroatoms. The second kappa shape index (κ2) is 261. The lowest BCUT2D eigenvalue weighted by atomic mass is 10.0. The summed E-state index contributed by atoms with van der Waals surface area (Å²) in [6, 6.07) is 29.2. The third kappa shape index (κ3) is 264. The highest BCUT2D eigenvalue weighted by Crippen LogP contribution is 2.12. The fourth-order valence-electron chi connectivity index (χ4n) is 4.65. The van der Waals surface area contributed by atoms with E-state index in [1.165, 1.54) is 105 Å². The fourth-order valence-corrected chi connectivity index (χ4v) is 4.65. The predicted octanol–water partition coefficient (Wildman–Crippen LogP) is 12.8. The van der Waals surface area contributed by atoms with Crippen LogP contribution >= 0.6 is 0 Å². The number of carbonyl (C=O) groups is 14. The molecule has 27 N–H and O–H groups in total. The molecule has 113 heavy (non-hydrogen) atoms. The Hall–Kier alpha value is -8.04. The number of hydrogen-bond acceptors (Lipinski definition) is 26. The van der Waals surface area contributed by atoms with Gasteiger partial charge in [0, 0.05) is 39.6 Å². The quantitative estimate of drug-likeness (QED) is 0.0801. The van der Waals surface area contributed by atoms with E-state index in [-0.39, 0.29) is 42.3 Å². The van der Waals surface area contributed by atoms with E-state index in [2.05, 4.69) is 197 Å². The van der Waals surface area contributed by atoms with E-state index in [9.17, 15) is 14.4 Å². The number of aryl methyl sites for hydroxylation is 2. The van der Waals surface area contributed by atoms with Crippen molar-refractivity contribution >= 4 is 92.4 Å². The molecule has 1 heterocycles. The fraction of sp³-hybridized carbons (Fsp3) is 0.619. The van der Waals surface area contributed by atoms with Crippen molar-refractivity contribution in [3.8, 4) is 0 Å². The molecule has 1 aliphatic heterocycles. The summed E-state index contributed by atoms with van der Waals surface area (Å²) in [5, 5.41) is 10.9. The normalized spacial score (nSPS) is 8.08. The Morgan fingerprint density at radius 1 is 0.372 bits per heavy atom. The molecule has 0 bridgehead atoms. The van der Waals surface area contributed by atoms with Gasteiger partial charge in [-0.25, -0.2) is 0 Å². The SMILES string of the molecule is C=O.C=O.C=O.C=O.C=O.C=O.C=O.C=O.C=O.C=O.C=O.CC.CC.CC.CC(=O)N(C)[C@@H](Cc1ccccc1)C(=O)N[C@@H](C)C(=O)N1CCCCC1.CC(C)O.CCC(C)C.CCC(C)C.CCC(C)C.CCC(C)C.CCc1ccccc1.CCc1ccccc1.CN.CN.CN.CN.CN.CN.CN.CN.N.N.N. The molecular weight excluding hydrogens is 1450 g/mol. The number of nitrogens with one attached hydrogen (secondary N) is 1. The smallest absolute Gasteiger partial charge is 0.244 e. The van der Waals surface area contributed by atoms with E-state index in [0.717, 1.165) is 74.4 Å². The molecule has 0 aliphatic carbocycles. The number of carbonyl (C=O) groups excluding carboxylic acids is 14. The summed E-state index contributed by atoms with van der Waals surface area (Å²) in [6.07, 6.45) is 10.9. The summed E-state index contributed by atoms with van der Waals surface area (Å²) < 4.78 is 0. The Morgan fingerprint density at radius 2 is 0.540 bits per heavy atom. The first-order valence-corrected chi connectivity index (χ1v) is 36.5. The van der Waals surface area contributed by atoms with Gasteiger partial charge in [0.2, 0.25) is 17.7 Å². The number of rotatable bonds is 12. The van der Waals surface area contributed by atoms with Gasteiger partial charge >= 0.3 is 0 Å². The van der Waals surface area contributed by atoms with Crippen molar-refractivity contribution in [2.24, 2.45) is 69.5 Å². The number of nitrogens with two attached hydrogens (primary N) is 8. The highest BCUT2D eigenvalue weighted by atomic mass is 16.3. The molecule has 0 unspecified atom stereocenters. The first-order valence-electron chi connectivity index (χ1n) is 36.5. The highest BCUT2D eigenvalue weighted by molar-refractivity contribution is 5.91. The maximum Gasteiger partial charge on any atom is 0.244 e. The molecule has 2 atom stereocenters. The Bertz CT molecular complexity index is 1640. The molecule has 690 valence electrons. The van der Waals surface area contributed by atoms with Crippen molar-refractivity contribution in [2.45, 2.75) is 249 Å². The lowest BCUT2D eigenvalue weighted by molar-refractivity contribution is -0.140. The van der Waals surface area contributed by atoms with Crippen molar-refractivity contribution in [3.63, 3.8) is 0 Å². The van der Waals surface area contributed by atoms with Crippen LogP contribution in [0, 0.1) is 23.7 Å².